The number of aromatic nitrogens is 1. The number of nitrogens with zero attached hydrogens (tertiary/aromatic N) is 2. The van der Waals surface area contributed by atoms with Crippen LogP contribution < -0.4 is 5.73 Å². The highest BCUT2D eigenvalue weighted by molar-refractivity contribution is 5.28. The second-order valence-corrected chi connectivity index (χ2v) is 3.11. The molecule has 66 valence electrons. The monoisotopic (exact) mass is 165 g/mol. The Bertz CT molecular complexity index is 245. The number of nitrogens with two attached hydrogens (primary N) is 1. The summed E-state index contributed by atoms with van der Waals surface area (Å²) < 4.78 is 0. The molecule has 0 unspecified atom stereocenters. The zero-order chi connectivity index (χ0) is 8.97. The van der Waals surface area contributed by atoms with Crippen LogP contribution in [0.4, 0.5) is 5.82 Å². The van der Waals surface area contributed by atoms with Gasteiger partial charge in [0.05, 0.1) is 0 Å². The summed E-state index contributed by atoms with van der Waals surface area (Å²) >= 11 is 0. The van der Waals surface area contributed by atoms with E-state index in [2.05, 4.69) is 9.88 Å². The fraction of sp³-hybridized carbons (Fsp3) is 0.444. The van der Waals surface area contributed by atoms with Crippen LogP contribution in [0.2, 0.25) is 0 Å². The van der Waals surface area contributed by atoms with Gasteiger partial charge in [-0.3, -0.25) is 0 Å². The average molecular weight is 165 g/mol. The molecule has 0 aliphatic rings. The summed E-state index contributed by atoms with van der Waals surface area (Å²) in [7, 11) is 4.10. The van der Waals surface area contributed by atoms with E-state index in [4.69, 9.17) is 5.73 Å². The first kappa shape index (κ1) is 9.00. The zero-order valence-corrected chi connectivity index (χ0v) is 7.62. The van der Waals surface area contributed by atoms with Crippen LogP contribution in [0.5, 0.6) is 0 Å². The van der Waals surface area contributed by atoms with E-state index in [1.807, 2.05) is 26.2 Å². The van der Waals surface area contributed by atoms with E-state index < -0.39 is 0 Å². The minimum Gasteiger partial charge on any atom is -0.384 e. The van der Waals surface area contributed by atoms with Crippen molar-refractivity contribution in [3.63, 3.8) is 0 Å². The fourth-order valence-corrected chi connectivity index (χ4v) is 0.976. The number of likely N-dealkylation sites (N-methyl/N-ethyl adjacent to an activating group) is 1. The van der Waals surface area contributed by atoms with Gasteiger partial charge in [0.1, 0.15) is 5.82 Å². The maximum atomic E-state index is 5.54. The first-order chi connectivity index (χ1) is 5.68. The first-order valence-corrected chi connectivity index (χ1v) is 4.04. The van der Waals surface area contributed by atoms with E-state index in [0.29, 0.717) is 5.82 Å². The fourth-order valence-electron chi connectivity index (χ4n) is 0.976. The summed E-state index contributed by atoms with van der Waals surface area (Å²) in [6, 6.07) is 5.74. The smallest absolute Gasteiger partial charge is 0.123 e. The van der Waals surface area contributed by atoms with Crippen LogP contribution in [0.25, 0.3) is 0 Å². The van der Waals surface area contributed by atoms with Crippen molar-refractivity contribution >= 4 is 5.82 Å². The van der Waals surface area contributed by atoms with E-state index in [-0.39, 0.29) is 0 Å². The maximum absolute atomic E-state index is 5.54. The number of nitrogen functional groups attached to an aromatic ring is 1. The number of hydrogen-bond donors (Lipinski definition) is 1. The molecule has 0 bridgehead atoms. The van der Waals surface area contributed by atoms with Crippen molar-refractivity contribution in [3.8, 4) is 0 Å². The van der Waals surface area contributed by atoms with Crippen molar-refractivity contribution in [2.24, 2.45) is 0 Å². The normalized spacial score (nSPS) is 10.6. The highest BCUT2D eigenvalue weighted by Gasteiger charge is 1.95. The predicted molar refractivity (Wildman–Crippen MR) is 50.9 cm³/mol. The van der Waals surface area contributed by atoms with Gasteiger partial charge in [-0.25, -0.2) is 4.98 Å². The minimum absolute atomic E-state index is 0.603. The molecule has 0 saturated carbocycles. The van der Waals surface area contributed by atoms with Gasteiger partial charge in [0.15, 0.2) is 0 Å². The Balaban J connectivity index is 2.52. The van der Waals surface area contributed by atoms with Gasteiger partial charge in [-0.1, -0.05) is 6.07 Å². The summed E-state index contributed by atoms with van der Waals surface area (Å²) in [5.74, 6) is 0.603. The van der Waals surface area contributed by atoms with Crippen LogP contribution in [0.1, 0.15) is 5.69 Å². The lowest BCUT2D eigenvalue weighted by Gasteiger charge is -2.08. The Hall–Kier alpha value is -1.09. The molecule has 0 saturated heterocycles. The van der Waals surface area contributed by atoms with Gasteiger partial charge in [-0.15, -0.1) is 0 Å². The van der Waals surface area contributed by atoms with Gasteiger partial charge in [-0.05, 0) is 26.2 Å². The third kappa shape index (κ3) is 2.88. The Morgan fingerprint density at radius 1 is 1.42 bits per heavy atom. The molecule has 0 amide bonds. The summed E-state index contributed by atoms with van der Waals surface area (Å²) in [5.41, 5.74) is 6.60. The molecular formula is C9H15N3. The van der Waals surface area contributed by atoms with Gasteiger partial charge in [0, 0.05) is 18.7 Å². The second-order valence-electron chi connectivity index (χ2n) is 3.11. The standard InChI is InChI=1S/C9H15N3/c1-12(2)7-6-8-4-3-5-9(10)11-8/h3-5H,6-7H2,1-2H3,(H2,10,11). The molecule has 0 fully saturated rings. The summed E-state index contributed by atoms with van der Waals surface area (Å²) in [6.45, 7) is 1.01. The Morgan fingerprint density at radius 2 is 2.17 bits per heavy atom. The quantitative estimate of drug-likeness (QED) is 0.719. The van der Waals surface area contributed by atoms with E-state index in [1.165, 1.54) is 0 Å². The highest BCUT2D eigenvalue weighted by atomic mass is 15.0. The lowest BCUT2D eigenvalue weighted by atomic mass is 10.2. The van der Waals surface area contributed by atoms with E-state index in [0.717, 1.165) is 18.7 Å². The largest absolute Gasteiger partial charge is 0.384 e. The molecule has 12 heavy (non-hydrogen) atoms. The minimum atomic E-state index is 0.603. The lowest BCUT2D eigenvalue weighted by Crippen LogP contribution is -2.15. The Labute approximate surface area is 73.2 Å². The molecular weight excluding hydrogens is 150 g/mol. The van der Waals surface area contributed by atoms with Crippen molar-refractivity contribution in [1.82, 2.24) is 9.88 Å². The van der Waals surface area contributed by atoms with Crippen LogP contribution in [0.15, 0.2) is 18.2 Å². The molecule has 2 N–H and O–H groups in total. The lowest BCUT2D eigenvalue weighted by molar-refractivity contribution is 0.412. The molecule has 3 nitrogen and oxygen atoms in total. The van der Waals surface area contributed by atoms with E-state index in [9.17, 15) is 0 Å². The third-order valence-corrected chi connectivity index (χ3v) is 1.64. The molecule has 1 heterocycles. The van der Waals surface area contributed by atoms with Crippen LogP contribution >= 0.6 is 0 Å². The summed E-state index contributed by atoms with van der Waals surface area (Å²) in [4.78, 5) is 6.33. The van der Waals surface area contributed by atoms with Crippen molar-refractivity contribution in [2.45, 2.75) is 6.42 Å². The molecule has 1 aromatic rings. The Kier molecular flexibility index (Phi) is 3.05. The van der Waals surface area contributed by atoms with Gasteiger partial charge >= 0.3 is 0 Å². The molecule has 1 aromatic heterocycles. The molecule has 0 spiro atoms. The van der Waals surface area contributed by atoms with Crippen molar-refractivity contribution in [2.75, 3.05) is 26.4 Å². The number of pyridine rings is 1. The molecule has 3 heteroatoms. The topological polar surface area (TPSA) is 42.1 Å². The number of anilines is 1. The molecule has 0 aliphatic carbocycles. The van der Waals surface area contributed by atoms with Crippen molar-refractivity contribution in [1.29, 1.82) is 0 Å². The average Bonchev–Trinajstić information content (AvgIpc) is 2.01. The van der Waals surface area contributed by atoms with Crippen molar-refractivity contribution in [3.05, 3.63) is 23.9 Å². The zero-order valence-electron chi connectivity index (χ0n) is 7.62. The SMILES string of the molecule is CN(C)CCc1cccc(N)n1. The maximum Gasteiger partial charge on any atom is 0.123 e. The van der Waals surface area contributed by atoms with E-state index in [1.54, 1.807) is 6.07 Å². The molecule has 0 atom stereocenters. The van der Waals surface area contributed by atoms with Crippen LogP contribution in [-0.2, 0) is 6.42 Å². The van der Waals surface area contributed by atoms with Gasteiger partial charge in [-0.2, -0.15) is 0 Å². The summed E-state index contributed by atoms with van der Waals surface area (Å²) in [5, 5.41) is 0. The first-order valence-electron chi connectivity index (χ1n) is 4.04. The van der Waals surface area contributed by atoms with Crippen LogP contribution in [0, 0.1) is 0 Å². The van der Waals surface area contributed by atoms with Crippen LogP contribution in [0.3, 0.4) is 0 Å². The number of hydrogen-bond acceptors (Lipinski definition) is 3. The van der Waals surface area contributed by atoms with Gasteiger partial charge in [0.25, 0.3) is 0 Å². The number of rotatable bonds is 3. The molecule has 1 rings (SSSR count). The van der Waals surface area contributed by atoms with Gasteiger partial charge in [0.2, 0.25) is 0 Å². The molecule has 0 aliphatic heterocycles. The van der Waals surface area contributed by atoms with Gasteiger partial charge < -0.3 is 10.6 Å². The second kappa shape index (κ2) is 4.07. The predicted octanol–water partition coefficient (Wildman–Crippen LogP) is 0.768. The Morgan fingerprint density at radius 3 is 2.75 bits per heavy atom. The van der Waals surface area contributed by atoms with Crippen LogP contribution in [-0.4, -0.2) is 30.5 Å². The summed E-state index contributed by atoms with van der Waals surface area (Å²) in [6.07, 6.45) is 0.956. The molecule has 0 aromatic carbocycles. The van der Waals surface area contributed by atoms with E-state index >= 15 is 0 Å². The van der Waals surface area contributed by atoms with Crippen molar-refractivity contribution < 1.29 is 0 Å². The third-order valence-electron chi connectivity index (χ3n) is 1.64. The molecule has 0 radical (unpaired) electrons. The highest BCUT2D eigenvalue weighted by Crippen LogP contribution is 2.01.